The predicted molar refractivity (Wildman–Crippen MR) is 88.9 cm³/mol. The van der Waals surface area contributed by atoms with Crippen LogP contribution in [0.15, 0.2) is 12.1 Å². The van der Waals surface area contributed by atoms with Crippen molar-refractivity contribution >= 4 is 0 Å². The molecule has 1 N–H and O–H groups in total. The van der Waals surface area contributed by atoms with E-state index in [0.29, 0.717) is 0 Å². The lowest BCUT2D eigenvalue weighted by Crippen LogP contribution is -2.47. The summed E-state index contributed by atoms with van der Waals surface area (Å²) in [4.78, 5) is 4.67. The molecule has 1 aromatic carbocycles. The molecule has 0 amide bonds. The molecule has 21 heavy (non-hydrogen) atoms. The van der Waals surface area contributed by atoms with Crippen molar-refractivity contribution < 1.29 is 5.11 Å². The Morgan fingerprint density at radius 3 is 2.38 bits per heavy atom. The molecule has 118 valence electrons. The Labute approximate surface area is 129 Å². The van der Waals surface area contributed by atoms with Crippen LogP contribution in [-0.2, 0) is 6.42 Å². The molecule has 3 heteroatoms. The first kappa shape index (κ1) is 16.5. The van der Waals surface area contributed by atoms with Crippen LogP contribution < -0.4 is 0 Å². The van der Waals surface area contributed by atoms with Gasteiger partial charge in [-0.15, -0.1) is 0 Å². The molecule has 0 radical (unpaired) electrons. The lowest BCUT2D eigenvalue weighted by atomic mass is 9.92. The SMILES string of the molecule is Cc1cc(C)c(CC(O)C2CN(C)CCCN2C)c(C)c1. The van der Waals surface area contributed by atoms with E-state index in [-0.39, 0.29) is 12.1 Å². The van der Waals surface area contributed by atoms with Gasteiger partial charge in [0.2, 0.25) is 0 Å². The fourth-order valence-corrected chi connectivity index (χ4v) is 3.60. The van der Waals surface area contributed by atoms with Crippen molar-refractivity contribution in [2.75, 3.05) is 33.7 Å². The van der Waals surface area contributed by atoms with E-state index in [2.05, 4.69) is 56.8 Å². The maximum Gasteiger partial charge on any atom is 0.0748 e. The number of aliphatic hydroxyl groups excluding tert-OH is 1. The van der Waals surface area contributed by atoms with Crippen LogP contribution in [0, 0.1) is 20.8 Å². The molecular weight excluding hydrogens is 260 g/mol. The average molecular weight is 290 g/mol. The number of hydrogen-bond acceptors (Lipinski definition) is 3. The normalized spacial score (nSPS) is 23.0. The molecule has 2 rings (SSSR count). The third-order valence-corrected chi connectivity index (χ3v) is 4.81. The van der Waals surface area contributed by atoms with Crippen LogP contribution >= 0.6 is 0 Å². The van der Waals surface area contributed by atoms with Crippen LogP contribution in [-0.4, -0.2) is 60.8 Å². The van der Waals surface area contributed by atoms with Gasteiger partial charge < -0.3 is 10.0 Å². The van der Waals surface area contributed by atoms with Crippen LogP contribution in [0.25, 0.3) is 0 Å². The summed E-state index contributed by atoms with van der Waals surface area (Å²) >= 11 is 0. The fourth-order valence-electron chi connectivity index (χ4n) is 3.60. The molecule has 0 spiro atoms. The molecule has 0 saturated carbocycles. The molecular formula is C18H30N2O. The standard InChI is InChI=1S/C18H30N2O/c1-13-9-14(2)16(15(3)10-13)11-18(21)17-12-19(4)7-6-8-20(17)5/h9-10,17-18,21H,6-8,11-12H2,1-5H3. The van der Waals surface area contributed by atoms with E-state index in [1.54, 1.807) is 0 Å². The maximum absolute atomic E-state index is 10.8. The van der Waals surface area contributed by atoms with E-state index in [9.17, 15) is 5.11 Å². The van der Waals surface area contributed by atoms with Gasteiger partial charge in [0.25, 0.3) is 0 Å². The van der Waals surface area contributed by atoms with Gasteiger partial charge >= 0.3 is 0 Å². The minimum atomic E-state index is -0.310. The van der Waals surface area contributed by atoms with Crippen LogP contribution in [0.2, 0.25) is 0 Å². The number of likely N-dealkylation sites (N-methyl/N-ethyl adjacent to an activating group) is 2. The zero-order chi connectivity index (χ0) is 15.6. The molecule has 0 bridgehead atoms. The summed E-state index contributed by atoms with van der Waals surface area (Å²) in [5.41, 5.74) is 5.22. The van der Waals surface area contributed by atoms with Crippen molar-refractivity contribution in [3.63, 3.8) is 0 Å². The first-order valence-electron chi connectivity index (χ1n) is 8.02. The van der Waals surface area contributed by atoms with Crippen LogP contribution in [0.5, 0.6) is 0 Å². The van der Waals surface area contributed by atoms with Gasteiger partial charge in [-0.2, -0.15) is 0 Å². The summed E-state index contributed by atoms with van der Waals surface area (Å²) in [6.45, 7) is 9.58. The summed E-state index contributed by atoms with van der Waals surface area (Å²) in [5.74, 6) is 0. The van der Waals surface area contributed by atoms with E-state index < -0.39 is 0 Å². The van der Waals surface area contributed by atoms with Gasteiger partial charge in [-0.3, -0.25) is 4.90 Å². The van der Waals surface area contributed by atoms with Gasteiger partial charge in [0.1, 0.15) is 0 Å². The predicted octanol–water partition coefficient (Wildman–Crippen LogP) is 2.15. The largest absolute Gasteiger partial charge is 0.391 e. The molecule has 1 heterocycles. The second kappa shape index (κ2) is 6.91. The molecule has 3 nitrogen and oxygen atoms in total. The molecule has 1 fully saturated rings. The van der Waals surface area contributed by atoms with Crippen molar-refractivity contribution in [2.24, 2.45) is 0 Å². The van der Waals surface area contributed by atoms with Crippen molar-refractivity contribution in [3.05, 3.63) is 34.4 Å². The van der Waals surface area contributed by atoms with E-state index in [1.165, 1.54) is 28.7 Å². The average Bonchev–Trinajstić information content (AvgIpc) is 2.55. The highest BCUT2D eigenvalue weighted by Crippen LogP contribution is 2.21. The van der Waals surface area contributed by atoms with Crippen molar-refractivity contribution in [1.29, 1.82) is 0 Å². The van der Waals surface area contributed by atoms with Gasteiger partial charge in [-0.25, -0.2) is 0 Å². The lowest BCUT2D eigenvalue weighted by Gasteiger charge is -2.32. The Balaban J connectivity index is 2.15. The van der Waals surface area contributed by atoms with E-state index in [4.69, 9.17) is 0 Å². The molecule has 2 unspecified atom stereocenters. The van der Waals surface area contributed by atoms with Crippen LogP contribution in [0.4, 0.5) is 0 Å². The highest BCUT2D eigenvalue weighted by Gasteiger charge is 2.27. The summed E-state index contributed by atoms with van der Waals surface area (Å²) in [7, 11) is 4.29. The van der Waals surface area contributed by atoms with E-state index in [0.717, 1.165) is 26.1 Å². The van der Waals surface area contributed by atoms with E-state index in [1.807, 2.05) is 0 Å². The summed E-state index contributed by atoms with van der Waals surface area (Å²) in [6, 6.07) is 4.66. The Bertz CT molecular complexity index is 463. The number of benzene rings is 1. The lowest BCUT2D eigenvalue weighted by molar-refractivity contribution is 0.0579. The van der Waals surface area contributed by atoms with Gasteiger partial charge in [0.05, 0.1) is 6.10 Å². The monoisotopic (exact) mass is 290 g/mol. The first-order valence-corrected chi connectivity index (χ1v) is 8.02. The summed E-state index contributed by atoms with van der Waals surface area (Å²) in [6.07, 6.45) is 1.62. The molecule has 2 atom stereocenters. The quantitative estimate of drug-likeness (QED) is 0.924. The zero-order valence-corrected chi connectivity index (χ0v) is 14.2. The second-order valence-electron chi connectivity index (χ2n) is 6.81. The van der Waals surface area contributed by atoms with Crippen molar-refractivity contribution in [3.8, 4) is 0 Å². The maximum atomic E-state index is 10.8. The molecule has 0 aromatic heterocycles. The molecule has 1 saturated heterocycles. The van der Waals surface area contributed by atoms with Crippen molar-refractivity contribution in [1.82, 2.24) is 9.80 Å². The third kappa shape index (κ3) is 4.06. The third-order valence-electron chi connectivity index (χ3n) is 4.81. The Morgan fingerprint density at radius 1 is 1.14 bits per heavy atom. The molecule has 1 aromatic rings. The number of hydrogen-bond donors (Lipinski definition) is 1. The Hall–Kier alpha value is -0.900. The first-order chi connectivity index (χ1) is 9.88. The van der Waals surface area contributed by atoms with Gasteiger partial charge in [-0.1, -0.05) is 17.7 Å². The minimum absolute atomic E-state index is 0.220. The minimum Gasteiger partial charge on any atom is -0.391 e. The van der Waals surface area contributed by atoms with Gasteiger partial charge in [0.15, 0.2) is 0 Å². The number of aryl methyl sites for hydroxylation is 3. The van der Waals surface area contributed by atoms with E-state index >= 15 is 0 Å². The fraction of sp³-hybridized carbons (Fsp3) is 0.667. The van der Waals surface area contributed by atoms with Crippen LogP contribution in [0.1, 0.15) is 28.7 Å². The Kier molecular flexibility index (Phi) is 5.42. The number of aliphatic hydroxyl groups is 1. The number of rotatable bonds is 3. The topological polar surface area (TPSA) is 26.7 Å². The zero-order valence-electron chi connectivity index (χ0n) is 14.2. The summed E-state index contributed by atoms with van der Waals surface area (Å²) < 4.78 is 0. The molecule has 1 aliphatic rings. The van der Waals surface area contributed by atoms with Gasteiger partial charge in [0, 0.05) is 19.0 Å². The molecule has 0 aliphatic carbocycles. The van der Waals surface area contributed by atoms with Crippen molar-refractivity contribution in [2.45, 2.75) is 45.8 Å². The number of nitrogens with zero attached hydrogens (tertiary/aromatic N) is 2. The second-order valence-corrected chi connectivity index (χ2v) is 6.81. The highest BCUT2D eigenvalue weighted by atomic mass is 16.3. The highest BCUT2D eigenvalue weighted by molar-refractivity contribution is 5.38. The smallest absolute Gasteiger partial charge is 0.0748 e. The summed E-state index contributed by atoms with van der Waals surface area (Å²) in [5, 5.41) is 10.8. The Morgan fingerprint density at radius 2 is 1.76 bits per heavy atom. The van der Waals surface area contributed by atoms with Gasteiger partial charge in [-0.05, 0) is 71.1 Å². The van der Waals surface area contributed by atoms with Crippen LogP contribution in [0.3, 0.4) is 0 Å². The molecule has 1 aliphatic heterocycles.